The van der Waals surface area contributed by atoms with Crippen LogP contribution in [0.4, 0.5) is 0 Å². The monoisotopic (exact) mass is 277 g/mol. The molecule has 0 unspecified atom stereocenters. The second-order valence-corrected chi connectivity index (χ2v) is 4.40. The minimum atomic E-state index is -0.213. The molecule has 1 heterocycles. The first kappa shape index (κ1) is 13.4. The molecule has 19 heavy (non-hydrogen) atoms. The second-order valence-electron chi connectivity index (χ2n) is 4.01. The Hall–Kier alpha value is -2.07. The number of carbonyl (C=O) groups excluding carboxylic acids is 1. The summed E-state index contributed by atoms with van der Waals surface area (Å²) in [7, 11) is 0. The number of pyridine rings is 1. The molecule has 0 aliphatic heterocycles. The summed E-state index contributed by atoms with van der Waals surface area (Å²) >= 11 is 5.77. The van der Waals surface area contributed by atoms with Crippen molar-refractivity contribution < 1.29 is 14.6 Å². The average Bonchev–Trinajstić information content (AvgIpc) is 2.37. The van der Waals surface area contributed by atoms with E-state index < -0.39 is 0 Å². The first-order valence-corrected chi connectivity index (χ1v) is 6.01. The summed E-state index contributed by atoms with van der Waals surface area (Å²) in [6.07, 6.45) is 1.60. The number of hydrogen-bond acceptors (Lipinski definition) is 4. The zero-order chi connectivity index (χ0) is 13.8. The first-order valence-electron chi connectivity index (χ1n) is 5.63. The second kappa shape index (κ2) is 5.71. The summed E-state index contributed by atoms with van der Waals surface area (Å²) in [6, 6.07) is 8.04. The molecule has 0 aliphatic carbocycles. The topological polar surface area (TPSA) is 59.4 Å². The number of aromatic nitrogens is 1. The predicted molar refractivity (Wildman–Crippen MR) is 71.7 cm³/mol. The van der Waals surface area contributed by atoms with Crippen molar-refractivity contribution in [2.24, 2.45) is 0 Å². The largest absolute Gasteiger partial charge is 0.507 e. The number of carbonyl (C=O) groups is 1. The van der Waals surface area contributed by atoms with E-state index in [2.05, 4.69) is 4.98 Å². The van der Waals surface area contributed by atoms with E-state index in [9.17, 15) is 9.90 Å². The van der Waals surface area contributed by atoms with Crippen LogP contribution in [-0.4, -0.2) is 15.9 Å². The van der Waals surface area contributed by atoms with Crippen molar-refractivity contribution in [1.82, 2.24) is 4.98 Å². The van der Waals surface area contributed by atoms with Crippen molar-refractivity contribution in [3.63, 3.8) is 0 Å². The lowest BCUT2D eigenvalue weighted by Crippen LogP contribution is -1.98. The number of Topliss-reactive ketones (excluding diaryl/α,β-unsaturated/α-hetero) is 1. The first-order chi connectivity index (χ1) is 9.06. The molecule has 1 aromatic carbocycles. The maximum atomic E-state index is 11.3. The number of benzene rings is 1. The van der Waals surface area contributed by atoms with Gasteiger partial charge in [0.2, 0.25) is 0 Å². The number of ether oxygens (including phenoxy) is 1. The van der Waals surface area contributed by atoms with Crippen molar-refractivity contribution in [3.05, 3.63) is 52.8 Å². The van der Waals surface area contributed by atoms with Crippen LogP contribution >= 0.6 is 11.6 Å². The number of phenolic OH excluding ortho intramolecular Hbond substituents is 1. The molecule has 2 aromatic rings. The molecular weight excluding hydrogens is 266 g/mol. The minimum absolute atomic E-state index is 0.0493. The van der Waals surface area contributed by atoms with Crippen LogP contribution in [0.1, 0.15) is 22.8 Å². The molecule has 2 rings (SSSR count). The van der Waals surface area contributed by atoms with Gasteiger partial charge in [-0.25, -0.2) is 4.98 Å². The van der Waals surface area contributed by atoms with Gasteiger partial charge < -0.3 is 9.84 Å². The highest BCUT2D eigenvalue weighted by Gasteiger charge is 2.08. The number of aromatic hydroxyl groups is 1. The van der Waals surface area contributed by atoms with Crippen LogP contribution < -0.4 is 4.74 Å². The lowest BCUT2D eigenvalue weighted by atomic mass is 10.1. The third-order valence-electron chi connectivity index (χ3n) is 2.54. The lowest BCUT2D eigenvalue weighted by Gasteiger charge is -2.08. The lowest BCUT2D eigenvalue weighted by molar-refractivity contribution is 0.101. The molecule has 5 heteroatoms. The molecule has 0 atom stereocenters. The number of ketones is 1. The third-order valence-corrected chi connectivity index (χ3v) is 2.75. The highest BCUT2D eigenvalue weighted by Crippen LogP contribution is 2.24. The van der Waals surface area contributed by atoms with Gasteiger partial charge in [0.05, 0.1) is 5.56 Å². The fraction of sp³-hybridized carbons (Fsp3) is 0.143. The summed E-state index contributed by atoms with van der Waals surface area (Å²) in [4.78, 5) is 15.2. The molecule has 0 saturated heterocycles. The van der Waals surface area contributed by atoms with Crippen LogP contribution in [0, 0.1) is 0 Å². The highest BCUT2D eigenvalue weighted by molar-refractivity contribution is 6.29. The van der Waals surface area contributed by atoms with Crippen LogP contribution in [-0.2, 0) is 6.61 Å². The third kappa shape index (κ3) is 3.45. The molecule has 0 spiro atoms. The molecule has 0 amide bonds. The standard InChI is InChI=1S/C14H12ClNO3/c1-9(17)12-7-11(2-3-13(12)18)19-8-10-4-5-16-14(15)6-10/h2-7,18H,8H2,1H3. The number of rotatable bonds is 4. The van der Waals surface area contributed by atoms with E-state index in [0.717, 1.165) is 5.56 Å². The van der Waals surface area contributed by atoms with Gasteiger partial charge in [-0.15, -0.1) is 0 Å². The molecule has 98 valence electrons. The van der Waals surface area contributed by atoms with Crippen molar-refractivity contribution >= 4 is 17.4 Å². The zero-order valence-electron chi connectivity index (χ0n) is 10.3. The van der Waals surface area contributed by atoms with E-state index in [1.54, 1.807) is 24.4 Å². The molecule has 1 aromatic heterocycles. The Morgan fingerprint density at radius 2 is 2.16 bits per heavy atom. The van der Waals surface area contributed by atoms with Gasteiger partial charge in [0.15, 0.2) is 5.78 Å². The van der Waals surface area contributed by atoms with Crippen LogP contribution in [0.5, 0.6) is 11.5 Å². The van der Waals surface area contributed by atoms with E-state index in [1.165, 1.54) is 19.1 Å². The smallest absolute Gasteiger partial charge is 0.163 e. The Morgan fingerprint density at radius 3 is 2.84 bits per heavy atom. The van der Waals surface area contributed by atoms with Crippen molar-refractivity contribution in [1.29, 1.82) is 0 Å². The van der Waals surface area contributed by atoms with E-state index >= 15 is 0 Å². The Labute approximate surface area is 115 Å². The summed E-state index contributed by atoms with van der Waals surface area (Å²) in [5.41, 5.74) is 1.11. The maximum Gasteiger partial charge on any atom is 0.163 e. The van der Waals surface area contributed by atoms with Crippen molar-refractivity contribution in [2.45, 2.75) is 13.5 Å². The Balaban J connectivity index is 2.12. The number of phenols is 1. The maximum absolute atomic E-state index is 11.3. The molecule has 0 bridgehead atoms. The van der Waals surface area contributed by atoms with E-state index in [-0.39, 0.29) is 17.1 Å². The van der Waals surface area contributed by atoms with E-state index in [4.69, 9.17) is 16.3 Å². The summed E-state index contributed by atoms with van der Waals surface area (Å²) in [5.74, 6) is 0.248. The molecule has 0 fully saturated rings. The normalized spacial score (nSPS) is 10.2. The van der Waals surface area contributed by atoms with E-state index in [0.29, 0.717) is 17.5 Å². The van der Waals surface area contributed by atoms with Gasteiger partial charge in [0, 0.05) is 6.20 Å². The zero-order valence-corrected chi connectivity index (χ0v) is 11.0. The Morgan fingerprint density at radius 1 is 1.37 bits per heavy atom. The SMILES string of the molecule is CC(=O)c1cc(OCc2ccnc(Cl)c2)ccc1O. The summed E-state index contributed by atoms with van der Waals surface area (Å²) in [5, 5.41) is 9.92. The molecule has 0 radical (unpaired) electrons. The molecule has 0 saturated carbocycles. The van der Waals surface area contributed by atoms with Crippen LogP contribution in [0.3, 0.4) is 0 Å². The fourth-order valence-corrected chi connectivity index (χ4v) is 1.78. The molecule has 1 N–H and O–H groups in total. The summed E-state index contributed by atoms with van der Waals surface area (Å²) < 4.78 is 5.54. The Kier molecular flexibility index (Phi) is 4.02. The number of nitrogens with zero attached hydrogens (tertiary/aromatic N) is 1. The Bertz CT molecular complexity index is 613. The quantitative estimate of drug-likeness (QED) is 0.688. The van der Waals surface area contributed by atoms with Crippen LogP contribution in [0.15, 0.2) is 36.5 Å². The minimum Gasteiger partial charge on any atom is -0.507 e. The van der Waals surface area contributed by atoms with Gasteiger partial charge in [0.25, 0.3) is 0 Å². The number of hydrogen-bond donors (Lipinski definition) is 1. The van der Waals surface area contributed by atoms with Crippen molar-refractivity contribution in [3.8, 4) is 11.5 Å². The highest BCUT2D eigenvalue weighted by atomic mass is 35.5. The van der Waals surface area contributed by atoms with Gasteiger partial charge >= 0.3 is 0 Å². The molecule has 0 aliphatic rings. The van der Waals surface area contributed by atoms with Gasteiger partial charge in [0.1, 0.15) is 23.3 Å². The van der Waals surface area contributed by atoms with Gasteiger partial charge in [-0.2, -0.15) is 0 Å². The van der Waals surface area contributed by atoms with Crippen LogP contribution in [0.2, 0.25) is 5.15 Å². The fourth-order valence-electron chi connectivity index (χ4n) is 1.59. The average molecular weight is 278 g/mol. The van der Waals surface area contributed by atoms with Gasteiger partial charge in [-0.3, -0.25) is 4.79 Å². The summed E-state index contributed by atoms with van der Waals surface area (Å²) in [6.45, 7) is 1.70. The van der Waals surface area contributed by atoms with E-state index in [1.807, 2.05) is 0 Å². The van der Waals surface area contributed by atoms with Crippen molar-refractivity contribution in [2.75, 3.05) is 0 Å². The molecule has 4 nitrogen and oxygen atoms in total. The molecular formula is C14H12ClNO3. The van der Waals surface area contributed by atoms with Crippen LogP contribution in [0.25, 0.3) is 0 Å². The van der Waals surface area contributed by atoms with Gasteiger partial charge in [-0.05, 0) is 42.8 Å². The number of halogens is 1. The van der Waals surface area contributed by atoms with Gasteiger partial charge in [-0.1, -0.05) is 11.6 Å². The predicted octanol–water partition coefficient (Wildman–Crippen LogP) is 3.22.